The maximum Gasteiger partial charge on any atom is 0.128 e. The zero-order chi connectivity index (χ0) is 14.0. The van der Waals surface area contributed by atoms with Crippen molar-refractivity contribution in [2.45, 2.75) is 63.5 Å². The molecule has 3 nitrogen and oxygen atoms in total. The molecule has 1 saturated carbocycles. The molecule has 1 unspecified atom stereocenters. The minimum absolute atomic E-state index is 0.00550. The molecule has 1 aliphatic heterocycles. The van der Waals surface area contributed by atoms with E-state index in [9.17, 15) is 0 Å². The van der Waals surface area contributed by atoms with Crippen LogP contribution in [-0.4, -0.2) is 12.2 Å². The van der Waals surface area contributed by atoms with Crippen LogP contribution in [0.1, 0.15) is 63.5 Å². The highest BCUT2D eigenvalue weighted by Gasteiger charge is 2.42. The Morgan fingerprint density at radius 3 is 2.90 bits per heavy atom. The van der Waals surface area contributed by atoms with E-state index in [0.29, 0.717) is 0 Å². The van der Waals surface area contributed by atoms with Crippen molar-refractivity contribution in [3.63, 3.8) is 0 Å². The van der Waals surface area contributed by atoms with Gasteiger partial charge in [0.05, 0.1) is 6.61 Å². The topological polar surface area (TPSA) is 44.5 Å². The predicted octanol–water partition coefficient (Wildman–Crippen LogP) is 3.96. The number of benzene rings is 1. The van der Waals surface area contributed by atoms with Crippen LogP contribution in [0.3, 0.4) is 0 Å². The van der Waals surface area contributed by atoms with E-state index in [1.54, 1.807) is 0 Å². The van der Waals surface area contributed by atoms with Gasteiger partial charge in [0.15, 0.2) is 0 Å². The number of hydrogen-bond acceptors (Lipinski definition) is 3. The first-order chi connectivity index (χ1) is 9.72. The molecule has 20 heavy (non-hydrogen) atoms. The van der Waals surface area contributed by atoms with Gasteiger partial charge in [-0.25, -0.2) is 0 Å². The van der Waals surface area contributed by atoms with Crippen molar-refractivity contribution in [1.82, 2.24) is 0 Å². The fourth-order valence-corrected chi connectivity index (χ4v) is 3.44. The first-order valence-electron chi connectivity index (χ1n) is 7.94. The molecule has 1 spiro atoms. The lowest BCUT2D eigenvalue weighted by Gasteiger charge is -2.38. The molecule has 2 N–H and O–H groups in total. The Bertz CT molecular complexity index is 466. The maximum atomic E-state index is 6.35. The number of ether oxygens (including phenoxy) is 2. The van der Waals surface area contributed by atoms with Gasteiger partial charge in [0.25, 0.3) is 0 Å². The summed E-state index contributed by atoms with van der Waals surface area (Å²) in [4.78, 5) is 0. The van der Waals surface area contributed by atoms with Crippen molar-refractivity contribution in [2.24, 2.45) is 5.73 Å². The van der Waals surface area contributed by atoms with Crippen molar-refractivity contribution in [3.8, 4) is 11.5 Å². The van der Waals surface area contributed by atoms with Crippen LogP contribution < -0.4 is 15.2 Å². The van der Waals surface area contributed by atoms with Crippen molar-refractivity contribution in [3.05, 3.63) is 23.8 Å². The van der Waals surface area contributed by atoms with Gasteiger partial charge >= 0.3 is 0 Å². The lowest BCUT2D eigenvalue weighted by molar-refractivity contribution is 0.0423. The normalized spacial score (nSPS) is 23.4. The first-order valence-corrected chi connectivity index (χ1v) is 7.94. The molecule has 1 atom stereocenters. The van der Waals surface area contributed by atoms with E-state index in [1.165, 1.54) is 12.8 Å². The summed E-state index contributed by atoms with van der Waals surface area (Å²) in [5.74, 6) is 1.85. The molecule has 1 aromatic rings. The summed E-state index contributed by atoms with van der Waals surface area (Å²) < 4.78 is 12.1. The third kappa shape index (κ3) is 2.64. The molecule has 1 fully saturated rings. The molecule has 1 heterocycles. The summed E-state index contributed by atoms with van der Waals surface area (Å²) in [6.07, 6.45) is 7.98. The van der Waals surface area contributed by atoms with Gasteiger partial charge in [0.2, 0.25) is 0 Å². The number of unbranched alkanes of at least 4 members (excludes halogenated alkanes) is 1. The molecule has 3 rings (SSSR count). The third-order valence-electron chi connectivity index (χ3n) is 4.58. The van der Waals surface area contributed by atoms with Crippen LogP contribution in [0.25, 0.3) is 0 Å². The van der Waals surface area contributed by atoms with E-state index in [0.717, 1.165) is 55.8 Å². The van der Waals surface area contributed by atoms with Crippen molar-refractivity contribution < 1.29 is 9.47 Å². The van der Waals surface area contributed by atoms with Crippen LogP contribution in [0.15, 0.2) is 18.2 Å². The molecular formula is C17H25NO2. The van der Waals surface area contributed by atoms with E-state index in [4.69, 9.17) is 15.2 Å². The molecule has 0 amide bonds. The van der Waals surface area contributed by atoms with Crippen LogP contribution in [-0.2, 0) is 0 Å². The molecule has 0 radical (unpaired) electrons. The summed E-state index contributed by atoms with van der Waals surface area (Å²) in [5, 5.41) is 0. The Labute approximate surface area is 121 Å². The van der Waals surface area contributed by atoms with Crippen molar-refractivity contribution in [1.29, 1.82) is 0 Å². The van der Waals surface area contributed by atoms with Crippen LogP contribution in [0.4, 0.5) is 0 Å². The highest BCUT2D eigenvalue weighted by molar-refractivity contribution is 5.44. The Balaban J connectivity index is 1.79. The Kier molecular flexibility index (Phi) is 3.88. The predicted molar refractivity (Wildman–Crippen MR) is 80.2 cm³/mol. The second-order valence-electron chi connectivity index (χ2n) is 6.20. The third-order valence-corrected chi connectivity index (χ3v) is 4.58. The summed E-state index contributed by atoms with van der Waals surface area (Å²) in [5.41, 5.74) is 7.48. The average Bonchev–Trinajstić information content (AvgIpc) is 2.86. The average molecular weight is 275 g/mol. The van der Waals surface area contributed by atoms with Gasteiger partial charge in [-0.15, -0.1) is 0 Å². The number of nitrogens with two attached hydrogens (primary N) is 1. The minimum Gasteiger partial charge on any atom is -0.493 e. The zero-order valence-electron chi connectivity index (χ0n) is 12.4. The van der Waals surface area contributed by atoms with Crippen molar-refractivity contribution in [2.75, 3.05) is 6.61 Å². The smallest absolute Gasteiger partial charge is 0.128 e. The summed E-state index contributed by atoms with van der Waals surface area (Å²) in [7, 11) is 0. The van der Waals surface area contributed by atoms with Gasteiger partial charge in [0.1, 0.15) is 17.1 Å². The Hall–Kier alpha value is -1.22. The fourth-order valence-electron chi connectivity index (χ4n) is 3.44. The van der Waals surface area contributed by atoms with E-state index < -0.39 is 0 Å². The van der Waals surface area contributed by atoms with Crippen molar-refractivity contribution >= 4 is 0 Å². The number of rotatable bonds is 4. The second kappa shape index (κ2) is 5.65. The van der Waals surface area contributed by atoms with Gasteiger partial charge in [-0.1, -0.05) is 19.4 Å². The molecule has 1 aromatic carbocycles. The molecule has 3 heteroatoms. The summed E-state index contributed by atoms with van der Waals surface area (Å²) in [6, 6.07) is 6.22. The number of fused-ring (bicyclic) bond motifs is 1. The molecular weight excluding hydrogens is 250 g/mol. The monoisotopic (exact) mass is 275 g/mol. The summed E-state index contributed by atoms with van der Waals surface area (Å²) in [6.45, 7) is 2.94. The fraction of sp³-hybridized carbons (Fsp3) is 0.647. The van der Waals surface area contributed by atoms with E-state index in [-0.39, 0.29) is 11.6 Å². The van der Waals surface area contributed by atoms with Gasteiger partial charge in [-0.3, -0.25) is 0 Å². The highest BCUT2D eigenvalue weighted by Crippen LogP contribution is 2.47. The maximum absolute atomic E-state index is 6.35. The lowest BCUT2D eigenvalue weighted by Crippen LogP contribution is -2.40. The molecule has 1 aliphatic carbocycles. The lowest BCUT2D eigenvalue weighted by atomic mass is 9.86. The van der Waals surface area contributed by atoms with Crippen LogP contribution in [0.5, 0.6) is 11.5 Å². The van der Waals surface area contributed by atoms with E-state index >= 15 is 0 Å². The first kappa shape index (κ1) is 13.7. The molecule has 0 saturated heterocycles. The van der Waals surface area contributed by atoms with Gasteiger partial charge in [-0.05, 0) is 38.2 Å². The van der Waals surface area contributed by atoms with Crippen LogP contribution in [0, 0.1) is 0 Å². The van der Waals surface area contributed by atoms with E-state index in [2.05, 4.69) is 13.0 Å². The van der Waals surface area contributed by atoms with Gasteiger partial charge < -0.3 is 15.2 Å². The van der Waals surface area contributed by atoms with Gasteiger partial charge in [0, 0.05) is 24.1 Å². The standard InChI is InChI=1S/C17H25NO2/c1-2-3-10-19-13-6-7-14-15(18)12-17(8-4-5-9-17)20-16(14)11-13/h6-7,11,15H,2-5,8-10,12,18H2,1H3. The Morgan fingerprint density at radius 2 is 2.15 bits per heavy atom. The zero-order valence-corrected chi connectivity index (χ0v) is 12.4. The Morgan fingerprint density at radius 1 is 1.35 bits per heavy atom. The minimum atomic E-state index is -0.00550. The van der Waals surface area contributed by atoms with Gasteiger partial charge in [-0.2, -0.15) is 0 Å². The largest absolute Gasteiger partial charge is 0.493 e. The highest BCUT2D eigenvalue weighted by atomic mass is 16.5. The quantitative estimate of drug-likeness (QED) is 0.846. The van der Waals surface area contributed by atoms with Crippen LogP contribution >= 0.6 is 0 Å². The molecule has 0 aromatic heterocycles. The van der Waals surface area contributed by atoms with Crippen LogP contribution in [0.2, 0.25) is 0 Å². The SMILES string of the molecule is CCCCOc1ccc2c(c1)OC1(CCCC1)CC2N. The molecule has 110 valence electrons. The summed E-state index contributed by atoms with van der Waals surface area (Å²) >= 11 is 0. The second-order valence-corrected chi connectivity index (χ2v) is 6.20. The molecule has 0 bridgehead atoms. The molecule has 2 aliphatic rings. The number of hydrogen-bond donors (Lipinski definition) is 1. The van der Waals surface area contributed by atoms with E-state index in [1.807, 2.05) is 12.1 Å².